The third kappa shape index (κ3) is 2.26. The average molecular weight is 210 g/mol. The molecule has 6 heteroatoms. The van der Waals surface area contributed by atoms with Crippen molar-refractivity contribution in [1.82, 2.24) is 14.9 Å². The van der Waals surface area contributed by atoms with E-state index in [-0.39, 0.29) is 5.91 Å². The van der Waals surface area contributed by atoms with Gasteiger partial charge in [0.2, 0.25) is 0 Å². The standard InChI is InChI=1S/C8H10N4OS/c1-3-6(4-9)10-8(13)7-5(2)11-12-14-7/h6H,3H2,1-2H3,(H,10,13). The first-order valence-corrected chi connectivity index (χ1v) is 4.95. The summed E-state index contributed by atoms with van der Waals surface area (Å²) in [7, 11) is 0. The summed E-state index contributed by atoms with van der Waals surface area (Å²) in [6.07, 6.45) is 0.591. The Hall–Kier alpha value is -1.48. The van der Waals surface area contributed by atoms with Crippen LogP contribution in [0.2, 0.25) is 0 Å². The van der Waals surface area contributed by atoms with E-state index in [1.54, 1.807) is 6.92 Å². The van der Waals surface area contributed by atoms with Crippen molar-refractivity contribution in [2.24, 2.45) is 0 Å². The summed E-state index contributed by atoms with van der Waals surface area (Å²) in [5.41, 5.74) is 0.597. The quantitative estimate of drug-likeness (QED) is 0.803. The molecule has 0 saturated heterocycles. The molecule has 1 N–H and O–H groups in total. The third-order valence-electron chi connectivity index (χ3n) is 1.73. The Labute approximate surface area is 85.9 Å². The number of hydrogen-bond donors (Lipinski definition) is 1. The Morgan fingerprint density at radius 1 is 1.79 bits per heavy atom. The first-order chi connectivity index (χ1) is 6.69. The molecule has 14 heavy (non-hydrogen) atoms. The van der Waals surface area contributed by atoms with Crippen molar-refractivity contribution in [3.8, 4) is 6.07 Å². The van der Waals surface area contributed by atoms with E-state index in [0.717, 1.165) is 11.5 Å². The lowest BCUT2D eigenvalue weighted by Crippen LogP contribution is -2.33. The maximum Gasteiger partial charge on any atom is 0.265 e. The summed E-state index contributed by atoms with van der Waals surface area (Å²) in [6, 6.07) is 1.56. The second-order valence-corrected chi connectivity index (χ2v) is 3.50. The highest BCUT2D eigenvalue weighted by Crippen LogP contribution is 2.08. The molecule has 0 saturated carbocycles. The van der Waals surface area contributed by atoms with Gasteiger partial charge >= 0.3 is 0 Å². The molecule has 1 rings (SSSR count). The number of hydrogen-bond acceptors (Lipinski definition) is 5. The van der Waals surface area contributed by atoms with Gasteiger partial charge in [0, 0.05) is 0 Å². The van der Waals surface area contributed by atoms with Crippen LogP contribution in [-0.2, 0) is 0 Å². The number of nitriles is 1. The Morgan fingerprint density at radius 3 is 2.93 bits per heavy atom. The van der Waals surface area contributed by atoms with Crippen molar-refractivity contribution in [2.75, 3.05) is 0 Å². The Bertz CT molecular complexity index is 368. The molecule has 1 unspecified atom stereocenters. The van der Waals surface area contributed by atoms with Gasteiger partial charge in [-0.1, -0.05) is 11.4 Å². The fourth-order valence-electron chi connectivity index (χ4n) is 0.889. The molecular formula is C8H10N4OS. The Kier molecular flexibility index (Phi) is 3.54. The minimum absolute atomic E-state index is 0.272. The van der Waals surface area contributed by atoms with E-state index in [9.17, 15) is 4.79 Å². The lowest BCUT2D eigenvalue weighted by molar-refractivity contribution is 0.0948. The van der Waals surface area contributed by atoms with Crippen LogP contribution in [0.3, 0.4) is 0 Å². The first-order valence-electron chi connectivity index (χ1n) is 4.18. The van der Waals surface area contributed by atoms with Crippen molar-refractivity contribution in [3.63, 3.8) is 0 Å². The van der Waals surface area contributed by atoms with Crippen LogP contribution in [0.5, 0.6) is 0 Å². The second kappa shape index (κ2) is 4.67. The highest BCUT2D eigenvalue weighted by Gasteiger charge is 2.15. The Balaban J connectivity index is 2.69. The van der Waals surface area contributed by atoms with Gasteiger partial charge in [-0.25, -0.2) is 0 Å². The molecule has 0 aromatic carbocycles. The predicted octanol–water partition coefficient (Wildman–Crippen LogP) is 0.878. The molecule has 0 aliphatic heterocycles. The van der Waals surface area contributed by atoms with Crippen LogP contribution in [0.25, 0.3) is 0 Å². The first kappa shape index (κ1) is 10.6. The summed E-state index contributed by atoms with van der Waals surface area (Å²) in [4.78, 5) is 12.0. The van der Waals surface area contributed by atoms with Gasteiger partial charge in [-0.15, -0.1) is 5.10 Å². The molecule has 74 valence electrons. The summed E-state index contributed by atoms with van der Waals surface area (Å²) in [6.45, 7) is 3.55. The van der Waals surface area contributed by atoms with Gasteiger partial charge in [0.25, 0.3) is 5.91 Å². The topological polar surface area (TPSA) is 78.7 Å². The van der Waals surface area contributed by atoms with E-state index in [0.29, 0.717) is 17.0 Å². The summed E-state index contributed by atoms with van der Waals surface area (Å²) in [5, 5.41) is 15.0. The number of amides is 1. The smallest absolute Gasteiger partial charge is 0.265 e. The maximum absolute atomic E-state index is 11.5. The van der Waals surface area contributed by atoms with Gasteiger partial charge in [0.1, 0.15) is 10.9 Å². The highest BCUT2D eigenvalue weighted by atomic mass is 32.1. The second-order valence-electron chi connectivity index (χ2n) is 2.75. The van der Waals surface area contributed by atoms with Gasteiger partial charge < -0.3 is 5.32 Å². The van der Waals surface area contributed by atoms with Crippen molar-refractivity contribution >= 4 is 17.4 Å². The van der Waals surface area contributed by atoms with Gasteiger partial charge in [-0.3, -0.25) is 4.79 Å². The van der Waals surface area contributed by atoms with Crippen LogP contribution < -0.4 is 5.32 Å². The molecule has 1 aromatic heterocycles. The molecule has 1 heterocycles. The normalized spacial score (nSPS) is 11.8. The van der Waals surface area contributed by atoms with Crippen molar-refractivity contribution in [2.45, 2.75) is 26.3 Å². The Morgan fingerprint density at radius 2 is 2.50 bits per heavy atom. The maximum atomic E-state index is 11.5. The third-order valence-corrected chi connectivity index (χ3v) is 2.55. The van der Waals surface area contributed by atoms with E-state index >= 15 is 0 Å². The van der Waals surface area contributed by atoms with Gasteiger partial charge in [0.05, 0.1) is 11.8 Å². The minimum atomic E-state index is -0.441. The highest BCUT2D eigenvalue weighted by molar-refractivity contribution is 7.08. The number of carbonyl (C=O) groups is 1. The molecule has 0 aliphatic carbocycles. The average Bonchev–Trinajstić information content (AvgIpc) is 2.60. The van der Waals surface area contributed by atoms with E-state index in [1.807, 2.05) is 13.0 Å². The molecule has 0 aliphatic rings. The predicted molar refractivity (Wildman–Crippen MR) is 51.8 cm³/mol. The van der Waals surface area contributed by atoms with Crippen LogP contribution in [0, 0.1) is 18.3 Å². The number of nitrogens with zero attached hydrogens (tertiary/aromatic N) is 3. The van der Waals surface area contributed by atoms with Crippen molar-refractivity contribution in [3.05, 3.63) is 10.6 Å². The molecule has 5 nitrogen and oxygen atoms in total. The van der Waals surface area contributed by atoms with Crippen LogP contribution >= 0.6 is 11.5 Å². The summed E-state index contributed by atoms with van der Waals surface area (Å²) >= 11 is 1.04. The largest absolute Gasteiger partial charge is 0.335 e. The lowest BCUT2D eigenvalue weighted by Gasteiger charge is -2.06. The molecule has 0 fully saturated rings. The molecule has 1 amide bonds. The summed E-state index contributed by atoms with van der Waals surface area (Å²) < 4.78 is 3.65. The van der Waals surface area contributed by atoms with Crippen LogP contribution in [0.4, 0.5) is 0 Å². The van der Waals surface area contributed by atoms with Gasteiger partial charge in [-0.2, -0.15) is 5.26 Å². The number of carbonyl (C=O) groups excluding carboxylic acids is 1. The van der Waals surface area contributed by atoms with E-state index in [4.69, 9.17) is 5.26 Å². The number of aryl methyl sites for hydroxylation is 1. The number of rotatable bonds is 3. The monoisotopic (exact) mass is 210 g/mol. The van der Waals surface area contributed by atoms with Crippen LogP contribution in [0.15, 0.2) is 0 Å². The molecule has 1 aromatic rings. The number of aromatic nitrogens is 2. The fourth-order valence-corrected chi connectivity index (χ4v) is 1.45. The molecule has 0 spiro atoms. The zero-order valence-corrected chi connectivity index (χ0v) is 8.76. The van der Waals surface area contributed by atoms with Crippen molar-refractivity contribution < 1.29 is 4.79 Å². The van der Waals surface area contributed by atoms with E-state index in [1.165, 1.54) is 0 Å². The molecular weight excluding hydrogens is 200 g/mol. The summed E-state index contributed by atoms with van der Waals surface area (Å²) in [5.74, 6) is -0.272. The minimum Gasteiger partial charge on any atom is -0.335 e. The SMILES string of the molecule is CCC(C#N)NC(=O)c1snnc1C. The zero-order valence-electron chi connectivity index (χ0n) is 7.94. The van der Waals surface area contributed by atoms with E-state index in [2.05, 4.69) is 14.9 Å². The van der Waals surface area contributed by atoms with Gasteiger partial charge in [0.15, 0.2) is 0 Å². The van der Waals surface area contributed by atoms with E-state index < -0.39 is 6.04 Å². The number of nitrogens with one attached hydrogen (secondary N) is 1. The van der Waals surface area contributed by atoms with Crippen LogP contribution in [-0.4, -0.2) is 21.5 Å². The van der Waals surface area contributed by atoms with Gasteiger partial charge in [-0.05, 0) is 24.9 Å². The molecule has 0 bridgehead atoms. The lowest BCUT2D eigenvalue weighted by atomic mass is 10.2. The van der Waals surface area contributed by atoms with Crippen LogP contribution in [0.1, 0.15) is 28.7 Å². The molecule has 1 atom stereocenters. The fraction of sp³-hybridized carbons (Fsp3) is 0.500. The molecule has 0 radical (unpaired) electrons. The zero-order chi connectivity index (χ0) is 10.6. The van der Waals surface area contributed by atoms with Crippen molar-refractivity contribution in [1.29, 1.82) is 5.26 Å².